The molecule has 0 amide bonds. The number of aromatic nitrogens is 6. The van der Waals surface area contributed by atoms with Crippen molar-refractivity contribution in [1.29, 1.82) is 0 Å². The van der Waals surface area contributed by atoms with Crippen LogP contribution in [0.4, 0.5) is 0 Å². The second-order valence-electron chi connectivity index (χ2n) is 6.88. The number of aryl methyl sites for hydroxylation is 1. The lowest BCUT2D eigenvalue weighted by molar-refractivity contribution is 0.425. The van der Waals surface area contributed by atoms with Crippen molar-refractivity contribution in [3.05, 3.63) is 69.7 Å². The second-order valence-corrected chi connectivity index (χ2v) is 8.23. The summed E-state index contributed by atoms with van der Waals surface area (Å²) in [5, 5.41) is 14.5. The summed E-state index contributed by atoms with van der Waals surface area (Å²) in [5.41, 5.74) is 1.40. The fourth-order valence-electron chi connectivity index (χ4n) is 3.44. The molecule has 156 valence electrons. The summed E-state index contributed by atoms with van der Waals surface area (Å²) >= 11 is 7.64. The van der Waals surface area contributed by atoms with Gasteiger partial charge in [0.25, 0.3) is 11.4 Å². The first-order valence-corrected chi connectivity index (χ1v) is 11.1. The Labute approximate surface area is 185 Å². The van der Waals surface area contributed by atoms with Crippen molar-refractivity contribution in [1.82, 2.24) is 29.3 Å². The number of para-hydroxylation sites is 1. The molecule has 31 heavy (non-hydrogen) atoms. The predicted octanol–water partition coefficient (Wildman–Crippen LogP) is 4.45. The van der Waals surface area contributed by atoms with E-state index in [9.17, 15) is 4.79 Å². The Hall–Kier alpha value is -3.17. The number of thioether (sulfide) groups is 1. The lowest BCUT2D eigenvalue weighted by Crippen LogP contribution is -2.23. The molecule has 0 fully saturated rings. The van der Waals surface area contributed by atoms with Crippen LogP contribution in [0, 0.1) is 0 Å². The molecule has 3 aromatic heterocycles. The molecule has 10 heteroatoms. The summed E-state index contributed by atoms with van der Waals surface area (Å²) in [6, 6.07) is 14.8. The van der Waals surface area contributed by atoms with Crippen molar-refractivity contribution in [3.8, 4) is 11.5 Å². The van der Waals surface area contributed by atoms with E-state index in [1.54, 1.807) is 10.6 Å². The molecule has 2 aromatic carbocycles. The van der Waals surface area contributed by atoms with E-state index >= 15 is 0 Å². The monoisotopic (exact) mass is 452 g/mol. The number of hydrogen-bond acceptors (Lipinski definition) is 7. The zero-order valence-electron chi connectivity index (χ0n) is 16.5. The van der Waals surface area contributed by atoms with Gasteiger partial charge in [-0.05, 0) is 30.7 Å². The standard InChI is InChI=1S/C21H17ClN6O2S/c1-2-11-27-19(29)14-8-4-6-10-16(14)28-20(27)24-25-21(28)31-12-17-23-18(30-26-17)13-7-3-5-9-15(13)22/h3-10H,2,11-12H2,1H3. The molecule has 0 radical (unpaired) electrons. The third-order valence-corrected chi connectivity index (χ3v) is 6.08. The first kappa shape index (κ1) is 19.8. The van der Waals surface area contributed by atoms with E-state index in [1.807, 2.05) is 53.8 Å². The first-order valence-electron chi connectivity index (χ1n) is 9.74. The minimum Gasteiger partial charge on any atom is -0.334 e. The summed E-state index contributed by atoms with van der Waals surface area (Å²) in [7, 11) is 0. The smallest absolute Gasteiger partial charge is 0.262 e. The van der Waals surface area contributed by atoms with E-state index in [4.69, 9.17) is 16.1 Å². The molecule has 5 aromatic rings. The van der Waals surface area contributed by atoms with Gasteiger partial charge in [0, 0.05) is 6.54 Å². The van der Waals surface area contributed by atoms with Crippen LogP contribution >= 0.6 is 23.4 Å². The number of rotatable bonds is 6. The van der Waals surface area contributed by atoms with Gasteiger partial charge in [-0.2, -0.15) is 4.98 Å². The van der Waals surface area contributed by atoms with Crippen LogP contribution in [-0.2, 0) is 12.3 Å². The van der Waals surface area contributed by atoms with Crippen LogP contribution in [0.1, 0.15) is 19.2 Å². The Kier molecular flexibility index (Phi) is 5.21. The van der Waals surface area contributed by atoms with Gasteiger partial charge < -0.3 is 4.52 Å². The number of hydrogen-bond donors (Lipinski definition) is 0. The lowest BCUT2D eigenvalue weighted by Gasteiger charge is -2.10. The van der Waals surface area contributed by atoms with E-state index in [2.05, 4.69) is 20.3 Å². The highest BCUT2D eigenvalue weighted by Gasteiger charge is 2.18. The maximum absolute atomic E-state index is 12.9. The van der Waals surface area contributed by atoms with Gasteiger partial charge in [0.1, 0.15) is 0 Å². The summed E-state index contributed by atoms with van der Waals surface area (Å²) < 4.78 is 8.96. The highest BCUT2D eigenvalue weighted by Crippen LogP contribution is 2.28. The zero-order chi connectivity index (χ0) is 21.4. The molecule has 0 aliphatic rings. The SMILES string of the molecule is CCCn1c(=O)c2ccccc2n2c(SCc3noc(-c4ccccc4Cl)n3)nnc12. The molecule has 8 nitrogen and oxygen atoms in total. The van der Waals surface area contributed by atoms with Crippen LogP contribution in [-0.4, -0.2) is 29.3 Å². The van der Waals surface area contributed by atoms with E-state index in [-0.39, 0.29) is 5.56 Å². The van der Waals surface area contributed by atoms with Gasteiger partial charge in [0.2, 0.25) is 5.78 Å². The molecule has 0 atom stereocenters. The second kappa shape index (κ2) is 8.16. The number of halogens is 1. The largest absolute Gasteiger partial charge is 0.334 e. The van der Waals surface area contributed by atoms with Crippen molar-refractivity contribution in [2.75, 3.05) is 0 Å². The molecule has 0 N–H and O–H groups in total. The van der Waals surface area contributed by atoms with Crippen molar-refractivity contribution in [3.63, 3.8) is 0 Å². The fourth-order valence-corrected chi connectivity index (χ4v) is 4.44. The molecule has 0 saturated carbocycles. The number of benzene rings is 2. The molecular formula is C21H17ClN6O2S. The molecule has 0 aliphatic carbocycles. The van der Waals surface area contributed by atoms with Gasteiger partial charge in [0.15, 0.2) is 11.0 Å². The van der Waals surface area contributed by atoms with Gasteiger partial charge >= 0.3 is 0 Å². The Morgan fingerprint density at radius 1 is 1.10 bits per heavy atom. The highest BCUT2D eigenvalue weighted by molar-refractivity contribution is 7.98. The summed E-state index contributed by atoms with van der Waals surface area (Å²) in [6.07, 6.45) is 0.816. The van der Waals surface area contributed by atoms with Crippen molar-refractivity contribution >= 4 is 40.0 Å². The Morgan fingerprint density at radius 2 is 1.90 bits per heavy atom. The van der Waals surface area contributed by atoms with Crippen LogP contribution in [0.15, 0.2) is 63.0 Å². The van der Waals surface area contributed by atoms with E-state index in [0.29, 0.717) is 50.9 Å². The third kappa shape index (κ3) is 3.49. The first-order chi connectivity index (χ1) is 15.2. The minimum atomic E-state index is -0.0588. The average Bonchev–Trinajstić information content (AvgIpc) is 3.43. The minimum absolute atomic E-state index is 0.0588. The van der Waals surface area contributed by atoms with Crippen LogP contribution in [0.5, 0.6) is 0 Å². The Balaban J connectivity index is 1.51. The molecule has 0 unspecified atom stereocenters. The van der Waals surface area contributed by atoms with Crippen molar-refractivity contribution in [2.24, 2.45) is 0 Å². The summed E-state index contributed by atoms with van der Waals surface area (Å²) in [5.74, 6) is 1.84. The molecule has 0 aliphatic heterocycles. The molecule has 0 bridgehead atoms. The molecule has 0 saturated heterocycles. The topological polar surface area (TPSA) is 91.1 Å². The van der Waals surface area contributed by atoms with Gasteiger partial charge in [-0.3, -0.25) is 13.8 Å². The predicted molar refractivity (Wildman–Crippen MR) is 119 cm³/mol. The summed E-state index contributed by atoms with van der Waals surface area (Å²) in [4.78, 5) is 17.4. The molecule has 3 heterocycles. The maximum atomic E-state index is 12.9. The van der Waals surface area contributed by atoms with Crippen LogP contribution in [0.3, 0.4) is 0 Å². The normalized spacial score (nSPS) is 11.5. The number of nitrogens with zero attached hydrogens (tertiary/aromatic N) is 6. The van der Waals surface area contributed by atoms with Crippen LogP contribution in [0.25, 0.3) is 28.1 Å². The Morgan fingerprint density at radius 3 is 2.74 bits per heavy atom. The molecule has 0 spiro atoms. The van der Waals surface area contributed by atoms with E-state index in [1.165, 1.54) is 11.8 Å². The zero-order valence-corrected chi connectivity index (χ0v) is 18.1. The van der Waals surface area contributed by atoms with Crippen molar-refractivity contribution < 1.29 is 4.52 Å². The van der Waals surface area contributed by atoms with Crippen LogP contribution < -0.4 is 5.56 Å². The van der Waals surface area contributed by atoms with Gasteiger partial charge in [-0.1, -0.05) is 59.7 Å². The quantitative estimate of drug-likeness (QED) is 0.351. The van der Waals surface area contributed by atoms with E-state index in [0.717, 1.165) is 11.9 Å². The fraction of sp³-hybridized carbons (Fsp3) is 0.190. The van der Waals surface area contributed by atoms with Crippen molar-refractivity contribution in [2.45, 2.75) is 30.8 Å². The van der Waals surface area contributed by atoms with Gasteiger partial charge in [0.05, 0.1) is 27.2 Å². The average molecular weight is 453 g/mol. The van der Waals surface area contributed by atoms with Gasteiger partial charge in [-0.15, -0.1) is 10.2 Å². The molecular weight excluding hydrogens is 436 g/mol. The summed E-state index contributed by atoms with van der Waals surface area (Å²) in [6.45, 7) is 2.60. The Bertz CT molecular complexity index is 1460. The number of fused-ring (bicyclic) bond motifs is 3. The maximum Gasteiger partial charge on any atom is 0.262 e. The van der Waals surface area contributed by atoms with Crippen LogP contribution in [0.2, 0.25) is 5.02 Å². The van der Waals surface area contributed by atoms with Gasteiger partial charge in [-0.25, -0.2) is 0 Å². The third-order valence-electron chi connectivity index (χ3n) is 4.83. The highest BCUT2D eigenvalue weighted by atomic mass is 35.5. The lowest BCUT2D eigenvalue weighted by atomic mass is 10.2. The molecule has 5 rings (SSSR count). The van der Waals surface area contributed by atoms with E-state index < -0.39 is 0 Å².